The third-order valence-electron chi connectivity index (χ3n) is 11.5. The monoisotopic (exact) mass is 931 g/mol. The van der Waals surface area contributed by atoms with E-state index in [1.807, 2.05) is 0 Å². The molecule has 0 bridgehead atoms. The minimum absolute atomic E-state index is 0.107. The molecule has 0 unspecified atom stereocenters. The molecule has 0 aromatic heterocycles. The summed E-state index contributed by atoms with van der Waals surface area (Å²) in [5.41, 5.74) is 0. The van der Waals surface area contributed by atoms with E-state index in [2.05, 4.69) is 118 Å². The van der Waals surface area contributed by atoms with Crippen LogP contribution in [0.1, 0.15) is 252 Å². The van der Waals surface area contributed by atoms with E-state index in [4.69, 9.17) is 14.2 Å². The summed E-state index contributed by atoms with van der Waals surface area (Å²) in [6.45, 7) is 6.44. The summed E-state index contributed by atoms with van der Waals surface area (Å²) in [6, 6.07) is 0. The number of hydrogen-bond donors (Lipinski definition) is 0. The lowest BCUT2D eigenvalue weighted by Crippen LogP contribution is -2.30. The van der Waals surface area contributed by atoms with E-state index in [1.54, 1.807) is 0 Å². The number of esters is 3. The first-order valence-electron chi connectivity index (χ1n) is 27.7. The maximum atomic E-state index is 12.8. The van der Waals surface area contributed by atoms with E-state index >= 15 is 0 Å². The van der Waals surface area contributed by atoms with Crippen molar-refractivity contribution in [3.63, 3.8) is 0 Å². The Hall–Kier alpha value is -3.67. The molecule has 0 spiro atoms. The van der Waals surface area contributed by atoms with Crippen LogP contribution in [0.2, 0.25) is 0 Å². The van der Waals surface area contributed by atoms with Crippen molar-refractivity contribution in [2.24, 2.45) is 0 Å². The first kappa shape index (κ1) is 63.3. The van der Waals surface area contributed by atoms with Crippen LogP contribution in [0.25, 0.3) is 0 Å². The van der Waals surface area contributed by atoms with Gasteiger partial charge in [-0.3, -0.25) is 14.4 Å². The summed E-state index contributed by atoms with van der Waals surface area (Å²) in [5, 5.41) is 0. The molecule has 0 radical (unpaired) electrons. The van der Waals surface area contributed by atoms with E-state index in [0.29, 0.717) is 19.3 Å². The third-order valence-corrected chi connectivity index (χ3v) is 11.5. The molecule has 0 saturated heterocycles. The van der Waals surface area contributed by atoms with Gasteiger partial charge in [-0.2, -0.15) is 0 Å². The summed E-state index contributed by atoms with van der Waals surface area (Å²) < 4.78 is 16.8. The first-order chi connectivity index (χ1) is 33.0. The van der Waals surface area contributed by atoms with Crippen LogP contribution in [-0.4, -0.2) is 37.2 Å². The largest absolute Gasteiger partial charge is 0.462 e. The van der Waals surface area contributed by atoms with Gasteiger partial charge in [-0.15, -0.1) is 0 Å². The Morgan fingerprint density at radius 1 is 0.313 bits per heavy atom. The fourth-order valence-electron chi connectivity index (χ4n) is 7.38. The van der Waals surface area contributed by atoms with Crippen molar-refractivity contribution < 1.29 is 28.6 Å². The molecular weight excluding hydrogens is 829 g/mol. The Bertz CT molecular complexity index is 1350. The smallest absolute Gasteiger partial charge is 0.306 e. The average Bonchev–Trinajstić information content (AvgIpc) is 3.33. The van der Waals surface area contributed by atoms with Gasteiger partial charge in [0.05, 0.1) is 0 Å². The number of hydrogen-bond acceptors (Lipinski definition) is 6. The topological polar surface area (TPSA) is 78.9 Å². The summed E-state index contributed by atoms with van der Waals surface area (Å²) in [6.07, 6.45) is 72.5. The second-order valence-corrected chi connectivity index (χ2v) is 18.1. The van der Waals surface area contributed by atoms with Gasteiger partial charge >= 0.3 is 17.9 Å². The van der Waals surface area contributed by atoms with Crippen molar-refractivity contribution in [3.8, 4) is 0 Å². The summed E-state index contributed by atoms with van der Waals surface area (Å²) in [7, 11) is 0. The van der Waals surface area contributed by atoms with Crippen molar-refractivity contribution in [3.05, 3.63) is 97.2 Å². The first-order valence-corrected chi connectivity index (χ1v) is 27.7. The Balaban J connectivity index is 4.51. The second-order valence-electron chi connectivity index (χ2n) is 18.1. The van der Waals surface area contributed by atoms with Crippen molar-refractivity contribution in [2.45, 2.75) is 258 Å². The molecule has 67 heavy (non-hydrogen) atoms. The molecule has 0 aromatic rings. The normalized spacial score (nSPS) is 12.8. The quantitative estimate of drug-likeness (QED) is 0.0262. The standard InChI is InChI=1S/C61H102O6/c1-4-7-10-13-16-19-22-25-28-30-33-36-39-42-45-48-51-54-60(63)66-57-58(56-65-59(62)53-50-47-44-41-38-35-32-27-24-21-18-15-12-9-6-3)67-61(64)55-52-49-46-43-40-37-34-31-29-26-23-20-17-14-11-8-5-2/h8,11,16-17,19-20,25-29,32,34,37,43,46,58H,4-7,9-10,12-15,18,21-24,30-31,33,35-36,38-42,44-45,47-57H2,1-3H3/b11-8-,19-16-,20-17-,28-25-,29-26-,32-27-,37-34-,46-43-/t58-/m0/s1. The van der Waals surface area contributed by atoms with Crippen molar-refractivity contribution in [1.29, 1.82) is 0 Å². The molecule has 0 aliphatic rings. The molecule has 6 nitrogen and oxygen atoms in total. The molecule has 6 heteroatoms. The lowest BCUT2D eigenvalue weighted by Gasteiger charge is -2.18. The number of allylic oxidation sites excluding steroid dienone is 16. The van der Waals surface area contributed by atoms with Gasteiger partial charge in [0.1, 0.15) is 13.2 Å². The summed E-state index contributed by atoms with van der Waals surface area (Å²) >= 11 is 0. The maximum Gasteiger partial charge on any atom is 0.306 e. The molecule has 0 N–H and O–H groups in total. The number of unbranched alkanes of at least 4 members (excludes halogenated alkanes) is 22. The third kappa shape index (κ3) is 53.2. The van der Waals surface area contributed by atoms with Crippen molar-refractivity contribution in [1.82, 2.24) is 0 Å². The molecule has 0 rings (SSSR count). The highest BCUT2D eigenvalue weighted by Crippen LogP contribution is 2.14. The minimum Gasteiger partial charge on any atom is -0.462 e. The number of carbonyl (C=O) groups excluding carboxylic acids is 3. The van der Waals surface area contributed by atoms with Crippen LogP contribution in [0.3, 0.4) is 0 Å². The van der Waals surface area contributed by atoms with Crippen molar-refractivity contribution in [2.75, 3.05) is 13.2 Å². The Morgan fingerprint density at radius 3 is 1.00 bits per heavy atom. The second kappa shape index (κ2) is 54.9. The molecule has 0 amide bonds. The average molecular weight is 931 g/mol. The summed E-state index contributed by atoms with van der Waals surface area (Å²) in [5.74, 6) is -0.981. The predicted molar refractivity (Wildman–Crippen MR) is 288 cm³/mol. The van der Waals surface area contributed by atoms with Crippen LogP contribution in [0.5, 0.6) is 0 Å². The zero-order valence-electron chi connectivity index (χ0n) is 43.6. The predicted octanol–water partition coefficient (Wildman–Crippen LogP) is 18.5. The van der Waals surface area contributed by atoms with Gasteiger partial charge in [0.15, 0.2) is 6.10 Å². The Kier molecular flexibility index (Phi) is 51.9. The van der Waals surface area contributed by atoms with Gasteiger partial charge in [0, 0.05) is 19.3 Å². The fourth-order valence-corrected chi connectivity index (χ4v) is 7.38. The highest BCUT2D eigenvalue weighted by atomic mass is 16.6. The zero-order chi connectivity index (χ0) is 48.6. The van der Waals surface area contributed by atoms with E-state index in [1.165, 1.54) is 103 Å². The SMILES string of the molecule is CC/C=C\C/C=C\C/C=C\C/C=C\C/C=C\CCCC(=O)O[C@@H](COC(=O)CCCCCCC/C=C\CCCCCCCC)COC(=O)CCCCCCCCC/C=C\C/C=C\CCCCC. The van der Waals surface area contributed by atoms with Gasteiger partial charge in [0.2, 0.25) is 0 Å². The molecule has 0 aliphatic heterocycles. The van der Waals surface area contributed by atoms with Crippen LogP contribution in [0.4, 0.5) is 0 Å². The van der Waals surface area contributed by atoms with Crippen LogP contribution < -0.4 is 0 Å². The molecular formula is C61H102O6. The van der Waals surface area contributed by atoms with E-state index < -0.39 is 6.10 Å². The van der Waals surface area contributed by atoms with Crippen LogP contribution >= 0.6 is 0 Å². The highest BCUT2D eigenvalue weighted by molar-refractivity contribution is 5.71. The molecule has 0 aromatic carbocycles. The fraction of sp³-hybridized carbons (Fsp3) is 0.689. The Morgan fingerprint density at radius 2 is 0.597 bits per heavy atom. The van der Waals surface area contributed by atoms with E-state index in [-0.39, 0.29) is 37.5 Å². The number of rotatable bonds is 49. The summed E-state index contributed by atoms with van der Waals surface area (Å²) in [4.78, 5) is 38.1. The van der Waals surface area contributed by atoms with Gasteiger partial charge in [-0.1, -0.05) is 214 Å². The van der Waals surface area contributed by atoms with Crippen LogP contribution in [0, 0.1) is 0 Å². The zero-order valence-corrected chi connectivity index (χ0v) is 43.6. The van der Waals surface area contributed by atoms with E-state index in [0.717, 1.165) is 103 Å². The van der Waals surface area contributed by atoms with Crippen LogP contribution in [0.15, 0.2) is 97.2 Å². The van der Waals surface area contributed by atoms with Gasteiger partial charge in [-0.25, -0.2) is 0 Å². The maximum absolute atomic E-state index is 12.8. The lowest BCUT2D eigenvalue weighted by molar-refractivity contribution is -0.167. The Labute approximate surface area is 413 Å². The van der Waals surface area contributed by atoms with Crippen molar-refractivity contribution >= 4 is 17.9 Å². The molecule has 382 valence electrons. The minimum atomic E-state index is -0.815. The molecule has 0 aliphatic carbocycles. The highest BCUT2D eigenvalue weighted by Gasteiger charge is 2.19. The molecule has 0 fully saturated rings. The molecule has 1 atom stereocenters. The molecule has 0 saturated carbocycles. The van der Waals surface area contributed by atoms with Gasteiger partial charge < -0.3 is 14.2 Å². The number of ether oxygens (including phenoxy) is 3. The van der Waals surface area contributed by atoms with Gasteiger partial charge in [-0.05, 0) is 116 Å². The molecule has 0 heterocycles. The van der Waals surface area contributed by atoms with Gasteiger partial charge in [0.25, 0.3) is 0 Å². The number of carbonyl (C=O) groups is 3. The van der Waals surface area contributed by atoms with E-state index in [9.17, 15) is 14.4 Å². The van der Waals surface area contributed by atoms with Crippen LogP contribution in [-0.2, 0) is 28.6 Å². The lowest BCUT2D eigenvalue weighted by atomic mass is 10.1.